The second kappa shape index (κ2) is 12.8. The van der Waals surface area contributed by atoms with Crippen LogP contribution in [-0.2, 0) is 4.79 Å². The largest absolute Gasteiger partial charge is 0.481 e. The molecule has 0 spiro atoms. The predicted molar refractivity (Wildman–Crippen MR) is 72.5 cm³/mol. The molecule has 0 radical (unpaired) electrons. The van der Waals surface area contributed by atoms with Crippen molar-refractivity contribution in [3.05, 3.63) is 0 Å². The van der Waals surface area contributed by atoms with E-state index in [4.69, 9.17) is 15.9 Å². The highest BCUT2D eigenvalue weighted by molar-refractivity contribution is 5.66. The molecular formula is C13H28N2O3. The van der Waals surface area contributed by atoms with E-state index in [1.807, 2.05) is 0 Å². The smallest absolute Gasteiger partial charge is 0.303 e. The molecule has 0 unspecified atom stereocenters. The number of carboxylic acids is 1. The Morgan fingerprint density at radius 3 is 2.11 bits per heavy atom. The summed E-state index contributed by atoms with van der Waals surface area (Å²) in [6.45, 7) is 3.89. The van der Waals surface area contributed by atoms with Crippen LogP contribution in [0.1, 0.15) is 44.9 Å². The number of rotatable bonds is 13. The number of aliphatic hydroxyl groups excluding tert-OH is 1. The number of carboxylic acid groups (broad SMARTS) is 1. The second-order valence-corrected chi connectivity index (χ2v) is 4.62. The first-order valence-corrected chi connectivity index (χ1v) is 6.95. The SMILES string of the molecule is NCCCCN(CCCO)CCCCCC(=O)O. The summed E-state index contributed by atoms with van der Waals surface area (Å²) in [4.78, 5) is 12.7. The van der Waals surface area contributed by atoms with Gasteiger partial charge in [-0.3, -0.25) is 4.79 Å². The van der Waals surface area contributed by atoms with Gasteiger partial charge in [0, 0.05) is 19.6 Å². The molecule has 0 bridgehead atoms. The van der Waals surface area contributed by atoms with Crippen LogP contribution in [0.4, 0.5) is 0 Å². The van der Waals surface area contributed by atoms with E-state index < -0.39 is 5.97 Å². The van der Waals surface area contributed by atoms with E-state index in [0.717, 1.165) is 64.7 Å². The molecule has 0 amide bonds. The van der Waals surface area contributed by atoms with E-state index >= 15 is 0 Å². The molecule has 0 rings (SSSR count). The van der Waals surface area contributed by atoms with Gasteiger partial charge in [0.05, 0.1) is 0 Å². The molecule has 0 aliphatic heterocycles. The Kier molecular flexibility index (Phi) is 12.3. The van der Waals surface area contributed by atoms with Gasteiger partial charge in [-0.1, -0.05) is 6.42 Å². The quantitative estimate of drug-likeness (QED) is 0.431. The fourth-order valence-electron chi connectivity index (χ4n) is 1.90. The molecule has 0 aromatic rings. The average Bonchev–Trinajstić information content (AvgIpc) is 2.34. The summed E-state index contributed by atoms with van der Waals surface area (Å²) < 4.78 is 0. The maximum Gasteiger partial charge on any atom is 0.303 e. The Morgan fingerprint density at radius 1 is 0.944 bits per heavy atom. The minimum atomic E-state index is -0.713. The fourth-order valence-corrected chi connectivity index (χ4v) is 1.90. The third-order valence-electron chi connectivity index (χ3n) is 2.93. The summed E-state index contributed by atoms with van der Waals surface area (Å²) in [5.41, 5.74) is 5.47. The minimum Gasteiger partial charge on any atom is -0.481 e. The van der Waals surface area contributed by atoms with Crippen molar-refractivity contribution in [3.63, 3.8) is 0 Å². The van der Waals surface area contributed by atoms with Crippen LogP contribution < -0.4 is 5.73 Å². The van der Waals surface area contributed by atoms with Crippen molar-refractivity contribution in [2.24, 2.45) is 5.73 Å². The molecule has 0 saturated heterocycles. The standard InChI is InChI=1S/C13H28N2O3/c14-8-3-5-10-15(11-6-12-16)9-4-1-2-7-13(17)18/h16H,1-12,14H2,(H,17,18). The topological polar surface area (TPSA) is 86.8 Å². The van der Waals surface area contributed by atoms with Crippen LogP contribution in [0.3, 0.4) is 0 Å². The number of aliphatic carboxylic acids is 1. The molecule has 0 aliphatic carbocycles. The normalized spacial score (nSPS) is 11.1. The summed E-state index contributed by atoms with van der Waals surface area (Å²) >= 11 is 0. The first-order valence-electron chi connectivity index (χ1n) is 6.95. The van der Waals surface area contributed by atoms with Gasteiger partial charge < -0.3 is 20.8 Å². The van der Waals surface area contributed by atoms with Crippen LogP contribution in [0.25, 0.3) is 0 Å². The Labute approximate surface area is 110 Å². The van der Waals surface area contributed by atoms with Crippen molar-refractivity contribution in [2.45, 2.75) is 44.9 Å². The zero-order valence-corrected chi connectivity index (χ0v) is 11.3. The molecule has 0 heterocycles. The lowest BCUT2D eigenvalue weighted by atomic mass is 10.2. The predicted octanol–water partition coefficient (Wildman–Crippen LogP) is 1.05. The summed E-state index contributed by atoms with van der Waals surface area (Å²) in [7, 11) is 0. The average molecular weight is 260 g/mol. The minimum absolute atomic E-state index is 0.229. The number of carbonyl (C=O) groups is 1. The van der Waals surface area contributed by atoms with Gasteiger partial charge in [-0.2, -0.15) is 0 Å². The fraction of sp³-hybridized carbons (Fsp3) is 0.923. The van der Waals surface area contributed by atoms with Gasteiger partial charge in [-0.05, 0) is 51.7 Å². The van der Waals surface area contributed by atoms with E-state index in [0.29, 0.717) is 0 Å². The van der Waals surface area contributed by atoms with Crippen LogP contribution in [0.2, 0.25) is 0 Å². The molecule has 4 N–H and O–H groups in total. The lowest BCUT2D eigenvalue weighted by Gasteiger charge is -2.21. The van der Waals surface area contributed by atoms with E-state index in [1.165, 1.54) is 0 Å². The molecule has 0 fully saturated rings. The Hall–Kier alpha value is -0.650. The van der Waals surface area contributed by atoms with Gasteiger partial charge in [0.2, 0.25) is 0 Å². The van der Waals surface area contributed by atoms with Crippen LogP contribution in [0.5, 0.6) is 0 Å². The van der Waals surface area contributed by atoms with Crippen molar-refractivity contribution in [1.29, 1.82) is 0 Å². The highest BCUT2D eigenvalue weighted by atomic mass is 16.4. The molecule has 5 nitrogen and oxygen atoms in total. The summed E-state index contributed by atoms with van der Waals surface area (Å²) in [5.74, 6) is -0.713. The van der Waals surface area contributed by atoms with Gasteiger partial charge in [0.15, 0.2) is 0 Å². The highest BCUT2D eigenvalue weighted by Crippen LogP contribution is 2.04. The van der Waals surface area contributed by atoms with E-state index in [2.05, 4.69) is 4.90 Å². The molecule has 0 saturated carbocycles. The van der Waals surface area contributed by atoms with Crippen molar-refractivity contribution in [3.8, 4) is 0 Å². The van der Waals surface area contributed by atoms with Crippen molar-refractivity contribution in [2.75, 3.05) is 32.8 Å². The first-order chi connectivity index (χ1) is 8.70. The lowest BCUT2D eigenvalue weighted by molar-refractivity contribution is -0.137. The summed E-state index contributed by atoms with van der Waals surface area (Å²) in [6, 6.07) is 0. The Morgan fingerprint density at radius 2 is 1.56 bits per heavy atom. The molecule has 0 atom stereocenters. The van der Waals surface area contributed by atoms with Crippen molar-refractivity contribution < 1.29 is 15.0 Å². The lowest BCUT2D eigenvalue weighted by Crippen LogP contribution is -2.28. The number of nitrogens with two attached hydrogens (primary N) is 1. The van der Waals surface area contributed by atoms with Gasteiger partial charge in [-0.25, -0.2) is 0 Å². The Bertz CT molecular complexity index is 201. The van der Waals surface area contributed by atoms with E-state index in [9.17, 15) is 4.79 Å². The maximum absolute atomic E-state index is 10.4. The van der Waals surface area contributed by atoms with Crippen molar-refractivity contribution >= 4 is 5.97 Å². The first kappa shape index (κ1) is 17.4. The third kappa shape index (κ3) is 11.8. The molecule has 5 heteroatoms. The van der Waals surface area contributed by atoms with Gasteiger partial charge in [0.1, 0.15) is 0 Å². The van der Waals surface area contributed by atoms with Crippen LogP contribution >= 0.6 is 0 Å². The van der Waals surface area contributed by atoms with Crippen molar-refractivity contribution in [1.82, 2.24) is 4.90 Å². The number of nitrogens with zero attached hydrogens (tertiary/aromatic N) is 1. The zero-order valence-electron chi connectivity index (χ0n) is 11.3. The van der Waals surface area contributed by atoms with E-state index in [-0.39, 0.29) is 13.0 Å². The number of unbranched alkanes of at least 4 members (excludes halogenated alkanes) is 3. The molecule has 0 aromatic heterocycles. The summed E-state index contributed by atoms with van der Waals surface area (Å²) in [6.07, 6.45) is 5.94. The third-order valence-corrected chi connectivity index (χ3v) is 2.93. The van der Waals surface area contributed by atoms with Crippen LogP contribution in [-0.4, -0.2) is 53.9 Å². The number of hydrogen-bond acceptors (Lipinski definition) is 4. The van der Waals surface area contributed by atoms with Gasteiger partial charge >= 0.3 is 5.97 Å². The molecule has 0 aromatic carbocycles. The van der Waals surface area contributed by atoms with E-state index in [1.54, 1.807) is 0 Å². The molecule has 0 aliphatic rings. The van der Waals surface area contributed by atoms with Gasteiger partial charge in [-0.15, -0.1) is 0 Å². The maximum atomic E-state index is 10.4. The van der Waals surface area contributed by atoms with Gasteiger partial charge in [0.25, 0.3) is 0 Å². The highest BCUT2D eigenvalue weighted by Gasteiger charge is 2.04. The Balaban J connectivity index is 3.60. The van der Waals surface area contributed by atoms with Crippen LogP contribution in [0, 0.1) is 0 Å². The molecule has 18 heavy (non-hydrogen) atoms. The number of hydrogen-bond donors (Lipinski definition) is 3. The van der Waals surface area contributed by atoms with Crippen LogP contribution in [0.15, 0.2) is 0 Å². The zero-order chi connectivity index (χ0) is 13.6. The molecule has 108 valence electrons. The number of aliphatic hydroxyl groups is 1. The monoisotopic (exact) mass is 260 g/mol. The molecular weight excluding hydrogens is 232 g/mol. The summed E-state index contributed by atoms with van der Waals surface area (Å²) in [5, 5.41) is 17.4. The second-order valence-electron chi connectivity index (χ2n) is 4.62.